The highest BCUT2D eigenvalue weighted by atomic mass is 32.2. The van der Waals surface area contributed by atoms with Crippen molar-refractivity contribution < 1.29 is 9.90 Å². The molecule has 11 heteroatoms. The van der Waals surface area contributed by atoms with Gasteiger partial charge < -0.3 is 15.7 Å². The predicted molar refractivity (Wildman–Crippen MR) is 129 cm³/mol. The van der Waals surface area contributed by atoms with Gasteiger partial charge in [-0.3, -0.25) is 9.89 Å². The van der Waals surface area contributed by atoms with Crippen molar-refractivity contribution in [2.45, 2.75) is 55.4 Å². The lowest BCUT2D eigenvalue weighted by Gasteiger charge is -2.19. The molecule has 0 atom stereocenters. The number of imidazole rings is 1. The molecule has 0 spiro atoms. The van der Waals surface area contributed by atoms with Crippen LogP contribution in [-0.4, -0.2) is 59.0 Å². The third-order valence-electron chi connectivity index (χ3n) is 5.43. The van der Waals surface area contributed by atoms with E-state index >= 15 is 0 Å². The minimum atomic E-state index is -0.901. The van der Waals surface area contributed by atoms with Gasteiger partial charge in [-0.25, -0.2) is 14.5 Å². The zero-order chi connectivity index (χ0) is 23.9. The molecule has 1 saturated carbocycles. The van der Waals surface area contributed by atoms with Crippen molar-refractivity contribution in [3.8, 4) is 11.3 Å². The van der Waals surface area contributed by atoms with Gasteiger partial charge in [0.25, 0.3) is 5.91 Å². The Kier molecular flexibility index (Phi) is 5.74. The highest BCUT2D eigenvalue weighted by molar-refractivity contribution is 7.99. The lowest BCUT2D eigenvalue weighted by atomic mass is 10.0. The molecule has 0 radical (unpaired) electrons. The fourth-order valence-electron chi connectivity index (χ4n) is 3.55. The van der Waals surface area contributed by atoms with Crippen molar-refractivity contribution in [3.05, 3.63) is 47.9 Å². The van der Waals surface area contributed by atoms with Crippen molar-refractivity contribution in [3.63, 3.8) is 0 Å². The number of anilines is 1. The van der Waals surface area contributed by atoms with Gasteiger partial charge in [-0.1, -0.05) is 6.07 Å². The molecule has 1 aromatic carbocycles. The molecule has 0 bridgehead atoms. The molecule has 3 aromatic heterocycles. The summed E-state index contributed by atoms with van der Waals surface area (Å²) < 4.78 is 1.77. The Balaban J connectivity index is 1.53. The SMILES string of the molecule is Cc1cc(-c2cnc3c(NCC(C)(C)O)cc(Sc4ncn[nH]4)nn23)ccc1C(=O)NC1CC1. The van der Waals surface area contributed by atoms with Crippen LogP contribution in [0.4, 0.5) is 5.69 Å². The van der Waals surface area contributed by atoms with Crippen molar-refractivity contribution in [2.75, 3.05) is 11.9 Å². The number of aromatic amines is 1. The molecular weight excluding hydrogens is 452 g/mol. The minimum Gasteiger partial charge on any atom is -0.389 e. The quantitative estimate of drug-likeness (QED) is 0.304. The van der Waals surface area contributed by atoms with E-state index in [0.29, 0.717) is 34.0 Å². The van der Waals surface area contributed by atoms with Gasteiger partial charge in [0.15, 0.2) is 10.8 Å². The van der Waals surface area contributed by atoms with Gasteiger partial charge in [0.2, 0.25) is 0 Å². The molecule has 0 saturated heterocycles. The Labute approximate surface area is 200 Å². The molecule has 4 N–H and O–H groups in total. The van der Waals surface area contributed by atoms with Gasteiger partial charge in [-0.2, -0.15) is 10.2 Å². The zero-order valence-corrected chi connectivity index (χ0v) is 20.0. The van der Waals surface area contributed by atoms with Crippen LogP contribution in [0.1, 0.15) is 42.6 Å². The molecule has 1 amide bonds. The number of carbonyl (C=O) groups is 1. The number of aromatic nitrogens is 6. The lowest BCUT2D eigenvalue weighted by Crippen LogP contribution is -2.29. The normalized spacial score (nSPS) is 13.9. The van der Waals surface area contributed by atoms with Crippen LogP contribution in [-0.2, 0) is 0 Å². The van der Waals surface area contributed by atoms with E-state index < -0.39 is 5.60 Å². The van der Waals surface area contributed by atoms with Gasteiger partial charge in [-0.15, -0.1) is 0 Å². The predicted octanol–water partition coefficient (Wildman–Crippen LogP) is 3.05. The van der Waals surface area contributed by atoms with E-state index in [4.69, 9.17) is 5.10 Å². The Morgan fingerprint density at radius 1 is 1.29 bits per heavy atom. The highest BCUT2D eigenvalue weighted by Crippen LogP contribution is 2.31. The number of amides is 1. The number of rotatable bonds is 8. The van der Waals surface area contributed by atoms with E-state index in [0.717, 1.165) is 35.3 Å². The molecule has 1 aliphatic rings. The molecule has 3 heterocycles. The maximum atomic E-state index is 12.5. The number of nitrogens with one attached hydrogen (secondary N) is 3. The van der Waals surface area contributed by atoms with Crippen LogP contribution in [0.25, 0.3) is 16.9 Å². The number of fused-ring (bicyclic) bond motifs is 1. The number of benzene rings is 1. The van der Waals surface area contributed by atoms with Crippen molar-refractivity contribution in [1.29, 1.82) is 0 Å². The molecule has 1 fully saturated rings. The molecule has 0 aliphatic heterocycles. The van der Waals surface area contributed by atoms with E-state index in [1.165, 1.54) is 18.1 Å². The summed E-state index contributed by atoms with van der Waals surface area (Å²) in [5.41, 5.74) is 3.72. The number of carbonyl (C=O) groups excluding carboxylic acids is 1. The first-order valence-electron chi connectivity index (χ1n) is 11.1. The summed E-state index contributed by atoms with van der Waals surface area (Å²) in [7, 11) is 0. The number of H-pyrrole nitrogens is 1. The molecule has 1 aliphatic carbocycles. The van der Waals surface area contributed by atoms with Crippen LogP contribution >= 0.6 is 11.8 Å². The van der Waals surface area contributed by atoms with Gasteiger partial charge in [0.05, 0.1) is 23.2 Å². The van der Waals surface area contributed by atoms with Crippen LogP contribution < -0.4 is 10.6 Å². The summed E-state index contributed by atoms with van der Waals surface area (Å²) in [5.74, 6) is -0.0355. The number of hydrogen-bond donors (Lipinski definition) is 4. The van der Waals surface area contributed by atoms with Crippen LogP contribution in [0.2, 0.25) is 0 Å². The summed E-state index contributed by atoms with van der Waals surface area (Å²) in [6.07, 6.45) is 5.31. The Morgan fingerprint density at radius 2 is 2.12 bits per heavy atom. The second kappa shape index (κ2) is 8.73. The molecule has 0 unspecified atom stereocenters. The fraction of sp³-hybridized carbons (Fsp3) is 0.348. The van der Waals surface area contributed by atoms with Crippen LogP contribution in [0, 0.1) is 6.92 Å². The topological polar surface area (TPSA) is 133 Å². The van der Waals surface area contributed by atoms with E-state index in [2.05, 4.69) is 30.8 Å². The van der Waals surface area contributed by atoms with E-state index in [9.17, 15) is 9.90 Å². The average Bonchev–Trinajstić information content (AvgIpc) is 3.26. The maximum absolute atomic E-state index is 12.5. The summed E-state index contributed by atoms with van der Waals surface area (Å²) >= 11 is 1.34. The largest absolute Gasteiger partial charge is 0.389 e. The van der Waals surface area contributed by atoms with Crippen molar-refractivity contribution >= 4 is 29.0 Å². The number of aliphatic hydroxyl groups is 1. The van der Waals surface area contributed by atoms with E-state index in [1.807, 2.05) is 31.2 Å². The zero-order valence-electron chi connectivity index (χ0n) is 19.2. The van der Waals surface area contributed by atoms with Gasteiger partial charge >= 0.3 is 0 Å². The second-order valence-corrected chi connectivity index (χ2v) is 10.1. The van der Waals surface area contributed by atoms with E-state index in [-0.39, 0.29) is 5.91 Å². The van der Waals surface area contributed by atoms with Crippen LogP contribution in [0.15, 0.2) is 47.0 Å². The summed E-state index contributed by atoms with van der Waals surface area (Å²) in [4.78, 5) is 21.3. The Bertz CT molecular complexity index is 1340. The first kappa shape index (κ1) is 22.4. The first-order valence-corrected chi connectivity index (χ1v) is 11.9. The fourth-order valence-corrected chi connectivity index (χ4v) is 4.24. The number of nitrogens with zero attached hydrogens (tertiary/aromatic N) is 5. The lowest BCUT2D eigenvalue weighted by molar-refractivity contribution is 0.0940. The Hall–Kier alpha value is -3.44. The van der Waals surface area contributed by atoms with Crippen LogP contribution in [0.5, 0.6) is 0 Å². The molecule has 5 rings (SSSR count). The smallest absolute Gasteiger partial charge is 0.251 e. The molecule has 4 aromatic rings. The highest BCUT2D eigenvalue weighted by Gasteiger charge is 2.24. The Morgan fingerprint density at radius 3 is 2.79 bits per heavy atom. The van der Waals surface area contributed by atoms with Gasteiger partial charge in [0.1, 0.15) is 11.4 Å². The molecule has 176 valence electrons. The summed E-state index contributed by atoms with van der Waals surface area (Å²) in [6, 6.07) is 7.93. The first-order chi connectivity index (χ1) is 16.3. The summed E-state index contributed by atoms with van der Waals surface area (Å²) in [6.45, 7) is 5.75. The van der Waals surface area contributed by atoms with Crippen LogP contribution in [0.3, 0.4) is 0 Å². The third-order valence-corrected chi connectivity index (χ3v) is 6.23. The standard InChI is InChI=1S/C23H26N8O2S/c1-13-8-14(4-7-16(13)21(32)28-15-5-6-15)18-10-24-20-17(25-11-23(2,3)33)9-19(30-31(18)20)34-22-26-12-27-29-22/h4,7-10,12,15,25,33H,5-6,11H2,1-3H3,(H,28,32)(H,26,27,29). The van der Waals surface area contributed by atoms with E-state index in [1.54, 1.807) is 24.6 Å². The van der Waals surface area contributed by atoms with Crippen molar-refractivity contribution in [2.24, 2.45) is 0 Å². The van der Waals surface area contributed by atoms with Crippen molar-refractivity contribution in [1.82, 2.24) is 35.1 Å². The van der Waals surface area contributed by atoms with Gasteiger partial charge in [0, 0.05) is 23.7 Å². The molecular formula is C23H26N8O2S. The maximum Gasteiger partial charge on any atom is 0.251 e. The molecule has 10 nitrogen and oxygen atoms in total. The summed E-state index contributed by atoms with van der Waals surface area (Å²) in [5, 5.41) is 29.3. The third kappa shape index (κ3) is 4.90. The number of hydrogen-bond acceptors (Lipinski definition) is 8. The second-order valence-electron chi connectivity index (χ2n) is 9.11. The molecule has 34 heavy (non-hydrogen) atoms. The number of aryl methyl sites for hydroxylation is 1. The minimum absolute atomic E-state index is 0.0355. The van der Waals surface area contributed by atoms with Gasteiger partial charge in [-0.05, 0) is 69.1 Å². The average molecular weight is 479 g/mol. The monoisotopic (exact) mass is 478 g/mol.